The first-order chi connectivity index (χ1) is 30.4. The number of aliphatic hydroxyl groups is 2. The number of anilines is 2. The second-order valence-corrected chi connectivity index (χ2v) is 13.5. The summed E-state index contributed by atoms with van der Waals surface area (Å²) in [5, 5.41) is 51.6. The molecule has 0 spiro atoms. The quantitative estimate of drug-likeness (QED) is 0.0257. The molecular weight excluding hydrogens is 842 g/mol. The standard InChI is InChI=1S/C34H41N7O5.2C4H6O5/c1-4-6-7-10-21-46-34(44)39-32(35)24-12-15-26(16-13-24)37-23-30-38-27-22-25(14-17-28(27)40(30)3)33(43)41(20-18-31(42)45-5-2)29-11-8-9-19-36-29;2*5-2(4(8)9)1-3(6)7/h8-9,11-17,19,22,37H,4-7,10,18,20-21,23H2,1-3H3,(H2,35,39,44);2*2,5H,1H2,(H,6,7)(H,8,9). The second kappa shape index (κ2) is 27.5. The van der Waals surface area contributed by atoms with Crippen LogP contribution in [-0.2, 0) is 47.0 Å². The molecule has 0 aliphatic carbocycles. The van der Waals surface area contributed by atoms with E-state index in [4.69, 9.17) is 50.8 Å². The summed E-state index contributed by atoms with van der Waals surface area (Å²) < 4.78 is 12.1. The summed E-state index contributed by atoms with van der Waals surface area (Å²) in [6.07, 6.45) is -0.0938. The normalized spacial score (nSPS) is 11.7. The van der Waals surface area contributed by atoms with E-state index in [1.54, 1.807) is 55.6 Å². The van der Waals surface area contributed by atoms with Crippen molar-refractivity contribution in [3.8, 4) is 0 Å². The molecular formula is C42H53N7O15. The van der Waals surface area contributed by atoms with Gasteiger partial charge in [0.25, 0.3) is 5.91 Å². The Balaban J connectivity index is 0.000000653. The lowest BCUT2D eigenvalue weighted by molar-refractivity contribution is -0.153. The minimum Gasteiger partial charge on any atom is -0.481 e. The van der Waals surface area contributed by atoms with Crippen LogP contribution in [0.3, 0.4) is 0 Å². The molecule has 0 aliphatic heterocycles. The summed E-state index contributed by atoms with van der Waals surface area (Å²) in [6.45, 7) is 5.02. The van der Waals surface area contributed by atoms with Gasteiger partial charge in [-0.25, -0.2) is 24.4 Å². The van der Waals surface area contributed by atoms with E-state index in [0.29, 0.717) is 35.6 Å². The lowest BCUT2D eigenvalue weighted by Crippen LogP contribution is -2.34. The van der Waals surface area contributed by atoms with E-state index < -0.39 is 55.0 Å². The highest BCUT2D eigenvalue weighted by molar-refractivity contribution is 6.07. The largest absolute Gasteiger partial charge is 0.481 e. The zero-order valence-electron chi connectivity index (χ0n) is 35.5. The second-order valence-electron chi connectivity index (χ2n) is 13.5. The number of pyridine rings is 1. The van der Waals surface area contributed by atoms with E-state index in [1.165, 1.54) is 4.90 Å². The summed E-state index contributed by atoms with van der Waals surface area (Å²) in [5.74, 6) is -5.07. The highest BCUT2D eigenvalue weighted by Crippen LogP contribution is 2.21. The van der Waals surface area contributed by atoms with Gasteiger partial charge in [-0.15, -0.1) is 0 Å². The average molecular weight is 896 g/mol. The Bertz CT molecular complexity index is 2180. The number of nitrogens with zero attached hydrogens (tertiary/aromatic N) is 5. The number of benzene rings is 2. The van der Waals surface area contributed by atoms with Crippen LogP contribution in [0.5, 0.6) is 0 Å². The first-order valence-electron chi connectivity index (χ1n) is 19.8. The number of amides is 2. The fourth-order valence-corrected chi connectivity index (χ4v) is 5.30. The molecule has 2 aromatic carbocycles. The lowest BCUT2D eigenvalue weighted by Gasteiger charge is -2.21. The zero-order chi connectivity index (χ0) is 47.8. The summed E-state index contributed by atoms with van der Waals surface area (Å²) in [7, 11) is 1.91. The number of aliphatic imine (C=N–C) groups is 1. The molecule has 22 nitrogen and oxygen atoms in total. The molecule has 9 N–H and O–H groups in total. The highest BCUT2D eigenvalue weighted by Gasteiger charge is 2.22. The van der Waals surface area contributed by atoms with Crippen LogP contribution in [0.2, 0.25) is 0 Å². The molecule has 2 atom stereocenters. The Morgan fingerprint density at radius 2 is 1.45 bits per heavy atom. The van der Waals surface area contributed by atoms with Crippen LogP contribution in [0.25, 0.3) is 11.0 Å². The van der Waals surface area contributed by atoms with Gasteiger partial charge in [-0.2, -0.15) is 4.99 Å². The number of fused-ring (bicyclic) bond motifs is 1. The van der Waals surface area contributed by atoms with Crippen molar-refractivity contribution in [3.05, 3.63) is 83.8 Å². The number of aryl methyl sites for hydroxylation is 1. The summed E-state index contributed by atoms with van der Waals surface area (Å²) in [5.41, 5.74) is 9.40. The molecule has 2 heterocycles. The van der Waals surface area contributed by atoms with Gasteiger partial charge in [0.2, 0.25) is 0 Å². The van der Waals surface area contributed by atoms with E-state index in [2.05, 4.69) is 22.2 Å². The van der Waals surface area contributed by atoms with Gasteiger partial charge in [0, 0.05) is 36.6 Å². The van der Waals surface area contributed by atoms with Crippen LogP contribution in [0.4, 0.5) is 16.3 Å². The molecule has 0 fully saturated rings. The minimum atomic E-state index is -1.79. The number of hydrogen-bond donors (Lipinski definition) is 8. The van der Waals surface area contributed by atoms with Crippen LogP contribution in [-0.4, -0.2) is 125 Å². The number of nitrogens with two attached hydrogens (primary N) is 1. The molecule has 0 radical (unpaired) electrons. The number of imidazole rings is 1. The number of aromatic nitrogens is 3. The third-order valence-electron chi connectivity index (χ3n) is 8.61. The predicted octanol–water partition coefficient (Wildman–Crippen LogP) is 3.42. The third kappa shape index (κ3) is 18.7. The molecule has 4 rings (SSSR count). The Hall–Kier alpha value is -7.46. The van der Waals surface area contributed by atoms with E-state index >= 15 is 0 Å². The number of unbranched alkanes of at least 4 members (excludes halogenated alkanes) is 3. The molecule has 2 amide bonds. The molecule has 2 unspecified atom stereocenters. The number of amidine groups is 1. The van der Waals surface area contributed by atoms with Crippen molar-refractivity contribution in [2.45, 2.75) is 77.5 Å². The topological polar surface area (TPSA) is 344 Å². The molecule has 0 aliphatic rings. The first kappa shape index (κ1) is 52.7. The van der Waals surface area contributed by atoms with Crippen LogP contribution in [0, 0.1) is 0 Å². The summed E-state index contributed by atoms with van der Waals surface area (Å²) >= 11 is 0. The molecule has 0 saturated heterocycles. The zero-order valence-corrected chi connectivity index (χ0v) is 35.5. The maximum absolute atomic E-state index is 13.6. The number of nitrogens with one attached hydrogen (secondary N) is 1. The van der Waals surface area contributed by atoms with Crippen LogP contribution < -0.4 is 16.0 Å². The van der Waals surface area contributed by atoms with Gasteiger partial charge >= 0.3 is 35.9 Å². The van der Waals surface area contributed by atoms with Crippen molar-refractivity contribution in [2.24, 2.45) is 17.8 Å². The number of esters is 1. The van der Waals surface area contributed by atoms with E-state index in [-0.39, 0.29) is 37.3 Å². The molecule has 2 aromatic heterocycles. The maximum Gasteiger partial charge on any atom is 0.435 e. The van der Waals surface area contributed by atoms with E-state index in [1.807, 2.05) is 29.8 Å². The molecule has 0 bridgehead atoms. The van der Waals surface area contributed by atoms with Gasteiger partial charge in [-0.05, 0) is 67.9 Å². The van der Waals surface area contributed by atoms with Crippen molar-refractivity contribution >= 4 is 70.2 Å². The van der Waals surface area contributed by atoms with Gasteiger partial charge in [0.05, 0.1) is 50.1 Å². The number of aliphatic carboxylic acids is 4. The fraction of sp³-hybridized carbons (Fsp3) is 0.381. The number of rotatable bonds is 21. The molecule has 0 saturated carbocycles. The smallest absolute Gasteiger partial charge is 0.435 e. The first-order valence-corrected chi connectivity index (χ1v) is 19.8. The lowest BCUT2D eigenvalue weighted by atomic mass is 10.1. The predicted molar refractivity (Wildman–Crippen MR) is 230 cm³/mol. The van der Waals surface area contributed by atoms with Crippen LogP contribution in [0.15, 0.2) is 71.9 Å². The van der Waals surface area contributed by atoms with Gasteiger partial charge < -0.3 is 55.7 Å². The van der Waals surface area contributed by atoms with Gasteiger partial charge in [0.15, 0.2) is 12.2 Å². The summed E-state index contributed by atoms with van der Waals surface area (Å²) in [4.78, 5) is 90.9. The average Bonchev–Trinajstić information content (AvgIpc) is 3.57. The van der Waals surface area contributed by atoms with Crippen molar-refractivity contribution in [1.29, 1.82) is 0 Å². The van der Waals surface area contributed by atoms with Crippen molar-refractivity contribution < 1.29 is 73.7 Å². The number of aliphatic hydroxyl groups excluding tert-OH is 2. The molecule has 22 heteroatoms. The molecule has 4 aromatic rings. The van der Waals surface area contributed by atoms with E-state index in [0.717, 1.165) is 42.7 Å². The monoisotopic (exact) mass is 895 g/mol. The minimum absolute atomic E-state index is 0.0455. The van der Waals surface area contributed by atoms with Crippen LogP contribution in [0.1, 0.15) is 80.5 Å². The number of ether oxygens (including phenoxy) is 2. The number of carbonyl (C=O) groups excluding carboxylic acids is 3. The van der Waals surface area contributed by atoms with Crippen molar-refractivity contribution in [1.82, 2.24) is 14.5 Å². The Labute approximate surface area is 367 Å². The van der Waals surface area contributed by atoms with Gasteiger partial charge in [0.1, 0.15) is 17.5 Å². The van der Waals surface area contributed by atoms with E-state index in [9.17, 15) is 33.6 Å². The molecule has 346 valence electrons. The Kier molecular flexibility index (Phi) is 22.6. The third-order valence-corrected chi connectivity index (χ3v) is 8.61. The van der Waals surface area contributed by atoms with Gasteiger partial charge in [-0.1, -0.05) is 32.3 Å². The Morgan fingerprint density at radius 1 is 0.828 bits per heavy atom. The number of hydrogen-bond acceptors (Lipinski definition) is 14. The Morgan fingerprint density at radius 3 is 1.98 bits per heavy atom. The van der Waals surface area contributed by atoms with Crippen LogP contribution >= 0.6 is 0 Å². The fourth-order valence-electron chi connectivity index (χ4n) is 5.30. The number of carboxylic acids is 4. The van der Waals surface area contributed by atoms with Crippen molar-refractivity contribution in [2.75, 3.05) is 30.0 Å². The number of carboxylic acid groups (broad SMARTS) is 4. The highest BCUT2D eigenvalue weighted by atomic mass is 16.5. The molecule has 64 heavy (non-hydrogen) atoms. The summed E-state index contributed by atoms with van der Waals surface area (Å²) in [6, 6.07) is 17.9. The number of carbonyl (C=O) groups is 7. The SMILES string of the molecule is CCCCCCOC(=O)/N=C(/N)c1ccc(NCc2nc3cc(C(=O)N(CCC(=O)OCC)c4ccccn4)ccc3n2C)cc1.O=C(O)CC(O)C(=O)O.O=C(O)CC(O)C(=O)O. The maximum atomic E-state index is 13.6. The van der Waals surface area contributed by atoms with Gasteiger partial charge in [-0.3, -0.25) is 24.1 Å². The van der Waals surface area contributed by atoms with Crippen molar-refractivity contribution in [3.63, 3.8) is 0 Å².